The molecule has 1 aliphatic heterocycles. The van der Waals surface area contributed by atoms with Gasteiger partial charge in [-0.25, -0.2) is 0 Å². The third-order valence-corrected chi connectivity index (χ3v) is 3.34. The molecule has 0 spiro atoms. The molecule has 0 atom stereocenters. The van der Waals surface area contributed by atoms with Crippen molar-refractivity contribution in [1.29, 1.82) is 0 Å². The quantitative estimate of drug-likeness (QED) is 0.690. The first-order valence-electron chi connectivity index (χ1n) is 6.20. The highest BCUT2D eigenvalue weighted by molar-refractivity contribution is 6.31. The van der Waals surface area contributed by atoms with Crippen molar-refractivity contribution in [2.45, 2.75) is 6.54 Å². The van der Waals surface area contributed by atoms with Crippen molar-refractivity contribution in [3.63, 3.8) is 0 Å². The van der Waals surface area contributed by atoms with Crippen LogP contribution in [-0.2, 0) is 6.54 Å². The van der Waals surface area contributed by atoms with Gasteiger partial charge in [-0.2, -0.15) is 0 Å². The molecule has 2 aromatic carbocycles. The van der Waals surface area contributed by atoms with Crippen LogP contribution in [0.15, 0.2) is 36.4 Å². The zero-order valence-corrected chi connectivity index (χ0v) is 11.6. The predicted octanol–water partition coefficient (Wildman–Crippen LogP) is 3.59. The Hall–Kier alpha value is -2.47. The van der Waals surface area contributed by atoms with Crippen molar-refractivity contribution in [2.75, 3.05) is 12.1 Å². The van der Waals surface area contributed by atoms with Crippen LogP contribution in [0.25, 0.3) is 0 Å². The summed E-state index contributed by atoms with van der Waals surface area (Å²) in [4.78, 5) is 10.6. The van der Waals surface area contributed by atoms with E-state index in [0.717, 1.165) is 5.56 Å². The summed E-state index contributed by atoms with van der Waals surface area (Å²) in [6.07, 6.45) is 0. The van der Waals surface area contributed by atoms with Gasteiger partial charge in [-0.05, 0) is 18.2 Å². The average molecular weight is 307 g/mol. The van der Waals surface area contributed by atoms with Gasteiger partial charge in [0.15, 0.2) is 11.5 Å². The van der Waals surface area contributed by atoms with E-state index in [4.69, 9.17) is 21.1 Å². The molecule has 0 aromatic heterocycles. The van der Waals surface area contributed by atoms with Crippen LogP contribution in [0.2, 0.25) is 5.02 Å². The molecule has 0 radical (unpaired) electrons. The Kier molecular flexibility index (Phi) is 3.53. The second-order valence-corrected chi connectivity index (χ2v) is 4.86. The molecule has 3 rings (SSSR count). The Labute approximate surface area is 125 Å². The lowest BCUT2D eigenvalue weighted by Gasteiger charge is -2.09. The van der Waals surface area contributed by atoms with Gasteiger partial charge in [0.05, 0.1) is 4.92 Å². The number of nitro groups is 1. The molecule has 0 amide bonds. The topological polar surface area (TPSA) is 73.6 Å². The summed E-state index contributed by atoms with van der Waals surface area (Å²) in [7, 11) is 0. The van der Waals surface area contributed by atoms with Crippen LogP contribution < -0.4 is 14.8 Å². The summed E-state index contributed by atoms with van der Waals surface area (Å²) >= 11 is 5.89. The van der Waals surface area contributed by atoms with Gasteiger partial charge >= 0.3 is 0 Å². The first-order valence-corrected chi connectivity index (χ1v) is 6.58. The number of benzene rings is 2. The van der Waals surface area contributed by atoms with Crippen molar-refractivity contribution >= 4 is 23.0 Å². The molecular formula is C14H11ClN2O4. The smallest absolute Gasteiger partial charge is 0.292 e. The molecule has 0 saturated heterocycles. The van der Waals surface area contributed by atoms with E-state index in [-0.39, 0.29) is 12.5 Å². The van der Waals surface area contributed by atoms with E-state index < -0.39 is 4.92 Å². The van der Waals surface area contributed by atoms with E-state index in [1.54, 1.807) is 0 Å². The molecule has 0 saturated carbocycles. The number of nitro benzene ring substituents is 1. The minimum Gasteiger partial charge on any atom is -0.454 e. The number of para-hydroxylation sites is 1. The number of halogens is 1. The van der Waals surface area contributed by atoms with Crippen LogP contribution >= 0.6 is 11.6 Å². The van der Waals surface area contributed by atoms with Crippen molar-refractivity contribution in [1.82, 2.24) is 0 Å². The molecule has 0 bridgehead atoms. The number of rotatable bonds is 4. The summed E-state index contributed by atoms with van der Waals surface area (Å²) in [6.45, 7) is 0.553. The van der Waals surface area contributed by atoms with E-state index in [0.29, 0.717) is 28.8 Å². The summed E-state index contributed by atoms with van der Waals surface area (Å²) in [5, 5.41) is 14.5. The fourth-order valence-electron chi connectivity index (χ4n) is 2.13. The average Bonchev–Trinajstić information content (AvgIpc) is 2.93. The van der Waals surface area contributed by atoms with Gasteiger partial charge in [0.25, 0.3) is 5.69 Å². The highest BCUT2D eigenvalue weighted by Gasteiger charge is 2.18. The van der Waals surface area contributed by atoms with Crippen molar-refractivity contribution in [3.05, 3.63) is 57.1 Å². The number of nitrogens with zero attached hydrogens (tertiary/aromatic N) is 1. The molecule has 7 heteroatoms. The Bertz CT molecular complexity index is 705. The van der Waals surface area contributed by atoms with Crippen LogP contribution in [0.5, 0.6) is 11.5 Å². The summed E-state index contributed by atoms with van der Waals surface area (Å²) in [5.41, 5.74) is 1.20. The zero-order valence-electron chi connectivity index (χ0n) is 10.8. The van der Waals surface area contributed by atoms with Crippen LogP contribution in [0.4, 0.5) is 11.4 Å². The monoisotopic (exact) mass is 306 g/mol. The standard InChI is InChI=1S/C14H11ClN2O4/c15-10-4-5-12(17(18)19)11(6-10)16-7-9-2-1-3-13-14(9)21-8-20-13/h1-6,16H,7-8H2. The minimum absolute atomic E-state index is 0.0239. The van der Waals surface area contributed by atoms with Crippen molar-refractivity contribution < 1.29 is 14.4 Å². The van der Waals surface area contributed by atoms with Gasteiger partial charge in [-0.15, -0.1) is 0 Å². The van der Waals surface area contributed by atoms with Crippen LogP contribution in [0.3, 0.4) is 0 Å². The number of hydrogen-bond donors (Lipinski definition) is 1. The number of nitrogens with one attached hydrogen (secondary N) is 1. The molecule has 1 N–H and O–H groups in total. The van der Waals surface area contributed by atoms with Gasteiger partial charge in [-0.3, -0.25) is 10.1 Å². The lowest BCUT2D eigenvalue weighted by atomic mass is 10.1. The van der Waals surface area contributed by atoms with Gasteiger partial charge in [0.2, 0.25) is 6.79 Å². The first-order chi connectivity index (χ1) is 10.1. The molecule has 0 unspecified atom stereocenters. The molecule has 0 fully saturated rings. The number of ether oxygens (including phenoxy) is 2. The zero-order chi connectivity index (χ0) is 14.8. The fraction of sp³-hybridized carbons (Fsp3) is 0.143. The molecular weight excluding hydrogens is 296 g/mol. The van der Waals surface area contributed by atoms with Crippen molar-refractivity contribution in [2.24, 2.45) is 0 Å². The van der Waals surface area contributed by atoms with Crippen LogP contribution in [0.1, 0.15) is 5.56 Å². The summed E-state index contributed by atoms with van der Waals surface area (Å²) in [5.74, 6) is 1.34. The van der Waals surface area contributed by atoms with Crippen LogP contribution in [0, 0.1) is 10.1 Å². The lowest BCUT2D eigenvalue weighted by Crippen LogP contribution is -2.03. The lowest BCUT2D eigenvalue weighted by molar-refractivity contribution is -0.384. The Morgan fingerprint density at radius 1 is 1.29 bits per heavy atom. The van der Waals surface area contributed by atoms with Gasteiger partial charge in [-0.1, -0.05) is 23.7 Å². The summed E-state index contributed by atoms with van der Waals surface area (Å²) in [6, 6.07) is 9.92. The van der Waals surface area contributed by atoms with E-state index in [1.807, 2.05) is 18.2 Å². The molecule has 2 aromatic rings. The molecule has 0 aliphatic carbocycles. The molecule has 6 nitrogen and oxygen atoms in total. The van der Waals surface area contributed by atoms with Gasteiger partial charge in [0.1, 0.15) is 5.69 Å². The van der Waals surface area contributed by atoms with E-state index in [2.05, 4.69) is 5.32 Å². The second kappa shape index (κ2) is 5.49. The maximum atomic E-state index is 11.0. The van der Waals surface area contributed by atoms with E-state index in [1.165, 1.54) is 18.2 Å². The largest absolute Gasteiger partial charge is 0.454 e. The maximum Gasteiger partial charge on any atom is 0.292 e. The highest BCUT2D eigenvalue weighted by atomic mass is 35.5. The van der Waals surface area contributed by atoms with Crippen LogP contribution in [-0.4, -0.2) is 11.7 Å². The normalized spacial score (nSPS) is 12.2. The third-order valence-electron chi connectivity index (χ3n) is 3.10. The van der Waals surface area contributed by atoms with Gasteiger partial charge < -0.3 is 14.8 Å². The number of hydrogen-bond acceptors (Lipinski definition) is 5. The first kappa shape index (κ1) is 13.5. The third kappa shape index (κ3) is 2.71. The SMILES string of the molecule is O=[N+]([O-])c1ccc(Cl)cc1NCc1cccc2c1OCO2. The number of anilines is 1. The van der Waals surface area contributed by atoms with E-state index >= 15 is 0 Å². The molecule has 1 heterocycles. The maximum absolute atomic E-state index is 11.0. The molecule has 21 heavy (non-hydrogen) atoms. The van der Waals surface area contributed by atoms with Crippen molar-refractivity contribution in [3.8, 4) is 11.5 Å². The second-order valence-electron chi connectivity index (χ2n) is 4.42. The van der Waals surface area contributed by atoms with Gasteiger partial charge in [0, 0.05) is 23.2 Å². The Morgan fingerprint density at radius 2 is 2.14 bits per heavy atom. The Morgan fingerprint density at radius 3 is 2.95 bits per heavy atom. The number of fused-ring (bicyclic) bond motifs is 1. The minimum atomic E-state index is -0.451. The Balaban J connectivity index is 1.84. The fourth-order valence-corrected chi connectivity index (χ4v) is 2.30. The molecule has 108 valence electrons. The molecule has 1 aliphatic rings. The summed E-state index contributed by atoms with van der Waals surface area (Å²) < 4.78 is 10.7. The predicted molar refractivity (Wildman–Crippen MR) is 78.0 cm³/mol. The van der Waals surface area contributed by atoms with E-state index in [9.17, 15) is 10.1 Å². The highest BCUT2D eigenvalue weighted by Crippen LogP contribution is 2.36.